The van der Waals surface area contributed by atoms with Gasteiger partial charge in [-0.2, -0.15) is 0 Å². The van der Waals surface area contributed by atoms with Gasteiger partial charge >= 0.3 is 0 Å². The third kappa shape index (κ3) is 2.82. The van der Waals surface area contributed by atoms with Gasteiger partial charge in [-0.1, -0.05) is 24.3 Å². The zero-order valence-electron chi connectivity index (χ0n) is 14.0. The predicted molar refractivity (Wildman–Crippen MR) is 98.0 cm³/mol. The smallest absolute Gasteiger partial charge is 0.286 e. The molecule has 0 unspecified atom stereocenters. The average molecular weight is 348 g/mol. The molecule has 0 aliphatic rings. The molecule has 0 aliphatic heterocycles. The van der Waals surface area contributed by atoms with Gasteiger partial charge in [0.05, 0.1) is 6.42 Å². The van der Waals surface area contributed by atoms with Crippen molar-refractivity contribution in [3.05, 3.63) is 65.6 Å². The molecule has 0 fully saturated rings. The number of benzene rings is 2. The topological polar surface area (TPSA) is 98.5 Å². The Morgan fingerprint density at radius 2 is 1.85 bits per heavy atom. The van der Waals surface area contributed by atoms with Crippen LogP contribution in [0.3, 0.4) is 0 Å². The fourth-order valence-electron chi connectivity index (χ4n) is 2.97. The molecule has 6 heteroatoms. The highest BCUT2D eigenvalue weighted by atomic mass is 16.3. The Morgan fingerprint density at radius 3 is 2.62 bits per heavy atom. The number of fused-ring (bicyclic) bond motifs is 2. The van der Waals surface area contributed by atoms with Gasteiger partial charge in [-0.05, 0) is 36.8 Å². The molecule has 2 heterocycles. The molecule has 0 spiro atoms. The van der Waals surface area contributed by atoms with E-state index < -0.39 is 5.91 Å². The van der Waals surface area contributed by atoms with Crippen LogP contribution in [0, 0.1) is 6.92 Å². The summed E-state index contributed by atoms with van der Waals surface area (Å²) in [6.07, 6.45) is 0.0332. The summed E-state index contributed by atoms with van der Waals surface area (Å²) in [5, 5.41) is 4.29. The molecule has 26 heavy (non-hydrogen) atoms. The van der Waals surface area contributed by atoms with Gasteiger partial charge in [0.25, 0.3) is 5.91 Å². The number of hydrogen-bond acceptors (Lipinski definition) is 4. The van der Waals surface area contributed by atoms with Gasteiger partial charge in [0, 0.05) is 10.8 Å². The van der Waals surface area contributed by atoms with Gasteiger partial charge in [0.2, 0.25) is 11.7 Å². The van der Waals surface area contributed by atoms with Gasteiger partial charge in [-0.25, -0.2) is 0 Å². The first-order chi connectivity index (χ1) is 12.5. The minimum absolute atomic E-state index is 0.0332. The second-order valence-corrected chi connectivity index (χ2v) is 6.15. The first-order valence-electron chi connectivity index (χ1n) is 8.11. The van der Waals surface area contributed by atoms with Crippen LogP contribution in [0.2, 0.25) is 0 Å². The van der Waals surface area contributed by atoms with E-state index in [-0.39, 0.29) is 23.8 Å². The zero-order chi connectivity index (χ0) is 18.3. The number of carbonyl (C=O) groups is 2. The highest BCUT2D eigenvalue weighted by Crippen LogP contribution is 2.31. The molecule has 0 saturated carbocycles. The Balaban J connectivity index is 1.64. The molecule has 4 rings (SSSR count). The molecular weight excluding hydrogens is 332 g/mol. The van der Waals surface area contributed by atoms with Crippen LogP contribution in [-0.4, -0.2) is 11.8 Å². The van der Waals surface area contributed by atoms with E-state index in [0.717, 1.165) is 16.5 Å². The number of para-hydroxylation sites is 1. The molecule has 6 nitrogen and oxygen atoms in total. The maximum absolute atomic E-state index is 12.5. The maximum Gasteiger partial charge on any atom is 0.286 e. The van der Waals surface area contributed by atoms with Crippen LogP contribution < -0.4 is 11.1 Å². The molecule has 0 radical (unpaired) electrons. The zero-order valence-corrected chi connectivity index (χ0v) is 14.0. The molecule has 4 aromatic rings. The largest absolute Gasteiger partial charge is 0.461 e. The number of nitrogens with one attached hydrogen (secondary N) is 1. The number of anilines is 1. The fraction of sp³-hybridized carbons (Fsp3) is 0.100. The SMILES string of the molecule is Cc1ccc2c(NC(=O)Cc3cc4ccccc4o3)c(C(N)=O)oc2c1. The molecule has 2 aromatic heterocycles. The fourth-order valence-corrected chi connectivity index (χ4v) is 2.97. The number of amides is 2. The van der Waals surface area contributed by atoms with Crippen LogP contribution in [0.1, 0.15) is 21.9 Å². The molecule has 0 bridgehead atoms. The van der Waals surface area contributed by atoms with E-state index in [1.165, 1.54) is 0 Å². The second-order valence-electron chi connectivity index (χ2n) is 6.15. The van der Waals surface area contributed by atoms with Crippen LogP contribution in [0.4, 0.5) is 5.69 Å². The first kappa shape index (κ1) is 16.0. The van der Waals surface area contributed by atoms with E-state index in [1.807, 2.05) is 43.3 Å². The Bertz CT molecular complexity index is 1120. The maximum atomic E-state index is 12.5. The van der Waals surface area contributed by atoms with Gasteiger partial charge in [-0.15, -0.1) is 0 Å². The van der Waals surface area contributed by atoms with E-state index in [1.54, 1.807) is 12.1 Å². The number of furan rings is 2. The summed E-state index contributed by atoms with van der Waals surface area (Å²) in [6.45, 7) is 1.91. The molecule has 3 N–H and O–H groups in total. The first-order valence-corrected chi connectivity index (χ1v) is 8.11. The summed E-state index contributed by atoms with van der Waals surface area (Å²) in [4.78, 5) is 24.2. The predicted octanol–water partition coefficient (Wildman–Crippen LogP) is 3.77. The Hall–Kier alpha value is -3.54. The van der Waals surface area contributed by atoms with Gasteiger partial charge in [-0.3, -0.25) is 9.59 Å². The van der Waals surface area contributed by atoms with Gasteiger partial charge in [0.15, 0.2) is 0 Å². The minimum Gasteiger partial charge on any atom is -0.461 e. The summed E-state index contributed by atoms with van der Waals surface area (Å²) in [7, 11) is 0. The summed E-state index contributed by atoms with van der Waals surface area (Å²) < 4.78 is 11.2. The van der Waals surface area contributed by atoms with Crippen LogP contribution >= 0.6 is 0 Å². The number of aryl methyl sites for hydroxylation is 1. The Kier molecular flexibility index (Phi) is 3.73. The highest BCUT2D eigenvalue weighted by molar-refractivity contribution is 6.10. The summed E-state index contributed by atoms with van der Waals surface area (Å²) in [6, 6.07) is 14.8. The van der Waals surface area contributed by atoms with Gasteiger partial charge < -0.3 is 19.9 Å². The molecule has 0 saturated heterocycles. The molecule has 2 aromatic carbocycles. The van der Waals surface area contributed by atoms with Crippen molar-refractivity contribution >= 4 is 39.4 Å². The Labute approximate surface area is 148 Å². The average Bonchev–Trinajstić information content (AvgIpc) is 3.15. The number of rotatable bonds is 4. The molecule has 2 amide bonds. The lowest BCUT2D eigenvalue weighted by Gasteiger charge is -2.03. The van der Waals surface area contributed by atoms with Crippen LogP contribution in [-0.2, 0) is 11.2 Å². The molecule has 0 atom stereocenters. The quantitative estimate of drug-likeness (QED) is 0.586. The lowest BCUT2D eigenvalue weighted by molar-refractivity contribution is -0.115. The summed E-state index contributed by atoms with van der Waals surface area (Å²) in [5.74, 6) is -0.593. The third-order valence-electron chi connectivity index (χ3n) is 4.15. The number of carbonyl (C=O) groups excluding carboxylic acids is 2. The van der Waals surface area contributed by atoms with E-state index >= 15 is 0 Å². The normalized spacial score (nSPS) is 11.1. The van der Waals surface area contributed by atoms with Gasteiger partial charge in [0.1, 0.15) is 22.6 Å². The van der Waals surface area contributed by atoms with E-state index in [4.69, 9.17) is 14.6 Å². The van der Waals surface area contributed by atoms with E-state index in [0.29, 0.717) is 16.7 Å². The molecule has 130 valence electrons. The number of nitrogens with two attached hydrogens (primary N) is 1. The number of primary amides is 1. The lowest BCUT2D eigenvalue weighted by atomic mass is 10.1. The van der Waals surface area contributed by atoms with Crippen molar-refractivity contribution < 1.29 is 18.4 Å². The van der Waals surface area contributed by atoms with Crippen LogP contribution in [0.15, 0.2) is 57.4 Å². The van der Waals surface area contributed by atoms with Crippen LogP contribution in [0.5, 0.6) is 0 Å². The molecular formula is C20H16N2O4. The van der Waals surface area contributed by atoms with Crippen molar-refractivity contribution in [2.24, 2.45) is 5.73 Å². The van der Waals surface area contributed by atoms with E-state index in [2.05, 4.69) is 5.32 Å². The van der Waals surface area contributed by atoms with Crippen molar-refractivity contribution in [2.45, 2.75) is 13.3 Å². The number of hydrogen-bond donors (Lipinski definition) is 2. The molecule has 0 aliphatic carbocycles. The van der Waals surface area contributed by atoms with E-state index in [9.17, 15) is 9.59 Å². The lowest BCUT2D eigenvalue weighted by Crippen LogP contribution is -2.18. The summed E-state index contributed by atoms with van der Waals surface area (Å²) >= 11 is 0. The summed E-state index contributed by atoms with van der Waals surface area (Å²) in [5.41, 5.74) is 7.87. The van der Waals surface area contributed by atoms with Crippen molar-refractivity contribution in [1.82, 2.24) is 0 Å². The van der Waals surface area contributed by atoms with Crippen molar-refractivity contribution in [2.75, 3.05) is 5.32 Å². The van der Waals surface area contributed by atoms with Crippen LogP contribution in [0.25, 0.3) is 21.9 Å². The van der Waals surface area contributed by atoms with Crippen molar-refractivity contribution in [3.63, 3.8) is 0 Å². The second kappa shape index (κ2) is 6.07. The Morgan fingerprint density at radius 1 is 1.04 bits per heavy atom. The van der Waals surface area contributed by atoms with Crippen molar-refractivity contribution in [1.29, 1.82) is 0 Å². The highest BCUT2D eigenvalue weighted by Gasteiger charge is 2.21. The van der Waals surface area contributed by atoms with Crippen molar-refractivity contribution in [3.8, 4) is 0 Å². The standard InChI is InChI=1S/C20H16N2O4/c1-11-6-7-14-16(8-11)26-19(20(21)24)18(14)22-17(23)10-13-9-12-4-2-3-5-15(12)25-13/h2-9H,10H2,1H3,(H2,21,24)(H,22,23). The third-order valence-corrected chi connectivity index (χ3v) is 4.15. The monoisotopic (exact) mass is 348 g/mol. The minimum atomic E-state index is -0.738.